The fourth-order valence-electron chi connectivity index (χ4n) is 0.860. The van der Waals surface area contributed by atoms with E-state index in [1.807, 2.05) is 19.1 Å². The average molecular weight is 168 g/mol. The van der Waals surface area contributed by atoms with Gasteiger partial charge in [-0.3, -0.25) is 4.99 Å². The Hall–Kier alpha value is -0.790. The minimum atomic E-state index is 0.349. The van der Waals surface area contributed by atoms with Crippen LogP contribution in [0.1, 0.15) is 34.6 Å². The Kier molecular flexibility index (Phi) is 5.43. The van der Waals surface area contributed by atoms with Crippen molar-refractivity contribution in [2.45, 2.75) is 46.7 Å². The van der Waals surface area contributed by atoms with E-state index in [0.29, 0.717) is 12.1 Å². The summed E-state index contributed by atoms with van der Waals surface area (Å²) in [5.74, 6) is 0.975. The lowest BCUT2D eigenvalue weighted by Gasteiger charge is -2.10. The Morgan fingerprint density at radius 1 is 1.25 bits per heavy atom. The molecule has 0 bridgehead atoms. The van der Waals surface area contributed by atoms with Crippen LogP contribution >= 0.6 is 0 Å². The van der Waals surface area contributed by atoms with E-state index in [2.05, 4.69) is 38.0 Å². The van der Waals surface area contributed by atoms with Crippen molar-refractivity contribution in [3.63, 3.8) is 0 Å². The Morgan fingerprint density at radius 3 is 2.17 bits per heavy atom. The molecule has 0 aromatic heterocycles. The van der Waals surface area contributed by atoms with Gasteiger partial charge in [0, 0.05) is 12.1 Å². The van der Waals surface area contributed by atoms with Gasteiger partial charge in [0.2, 0.25) is 0 Å². The molecule has 1 N–H and O–H groups in total. The predicted octanol–water partition coefficient (Wildman–Crippen LogP) is 2.37. The van der Waals surface area contributed by atoms with Gasteiger partial charge in [-0.25, -0.2) is 0 Å². The highest BCUT2D eigenvalue weighted by molar-refractivity contribution is 5.93. The van der Waals surface area contributed by atoms with Gasteiger partial charge >= 0.3 is 0 Å². The molecule has 0 saturated carbocycles. The van der Waals surface area contributed by atoms with Gasteiger partial charge in [0.1, 0.15) is 5.84 Å². The zero-order valence-electron chi connectivity index (χ0n) is 8.76. The summed E-state index contributed by atoms with van der Waals surface area (Å²) in [6.07, 6.45) is 4.00. The zero-order valence-corrected chi connectivity index (χ0v) is 8.76. The highest BCUT2D eigenvalue weighted by Gasteiger charge is 1.97. The molecule has 0 rings (SSSR count). The third-order valence-corrected chi connectivity index (χ3v) is 1.16. The normalized spacial score (nSPS) is 13.4. The van der Waals surface area contributed by atoms with Crippen molar-refractivity contribution in [1.82, 2.24) is 5.32 Å². The molecule has 0 atom stereocenters. The molecule has 0 aliphatic heterocycles. The van der Waals surface area contributed by atoms with Gasteiger partial charge in [-0.1, -0.05) is 6.08 Å². The summed E-state index contributed by atoms with van der Waals surface area (Å²) in [6.45, 7) is 10.4. The van der Waals surface area contributed by atoms with E-state index in [1.165, 1.54) is 0 Å². The van der Waals surface area contributed by atoms with Crippen molar-refractivity contribution in [3.05, 3.63) is 12.2 Å². The summed E-state index contributed by atoms with van der Waals surface area (Å²) in [4.78, 5) is 4.43. The van der Waals surface area contributed by atoms with E-state index < -0.39 is 0 Å². The summed E-state index contributed by atoms with van der Waals surface area (Å²) in [5.41, 5.74) is 0. The molecule has 0 spiro atoms. The monoisotopic (exact) mass is 168 g/mol. The first-order valence-electron chi connectivity index (χ1n) is 4.53. The van der Waals surface area contributed by atoms with E-state index in [1.54, 1.807) is 0 Å². The quantitative estimate of drug-likeness (QED) is 0.508. The Balaban J connectivity index is 4.22. The van der Waals surface area contributed by atoms with Gasteiger partial charge in [-0.2, -0.15) is 0 Å². The predicted molar refractivity (Wildman–Crippen MR) is 55.7 cm³/mol. The van der Waals surface area contributed by atoms with Crippen molar-refractivity contribution in [1.29, 1.82) is 0 Å². The van der Waals surface area contributed by atoms with Crippen molar-refractivity contribution >= 4 is 5.84 Å². The Morgan fingerprint density at radius 2 is 1.83 bits per heavy atom. The van der Waals surface area contributed by atoms with Crippen LogP contribution < -0.4 is 5.32 Å². The molecule has 0 aliphatic carbocycles. The summed E-state index contributed by atoms with van der Waals surface area (Å²) in [6, 6.07) is 0.793. The van der Waals surface area contributed by atoms with Crippen molar-refractivity contribution < 1.29 is 0 Å². The smallest absolute Gasteiger partial charge is 0.120 e. The van der Waals surface area contributed by atoms with Crippen LogP contribution in [0.15, 0.2) is 17.1 Å². The second kappa shape index (κ2) is 5.81. The van der Waals surface area contributed by atoms with E-state index in [9.17, 15) is 0 Å². The number of amidine groups is 1. The van der Waals surface area contributed by atoms with Crippen LogP contribution in [-0.4, -0.2) is 17.9 Å². The van der Waals surface area contributed by atoms with Crippen LogP contribution in [0, 0.1) is 0 Å². The Labute approximate surface area is 75.8 Å². The number of nitrogens with zero attached hydrogens (tertiary/aromatic N) is 1. The molecule has 0 aliphatic rings. The maximum Gasteiger partial charge on any atom is 0.120 e. The first kappa shape index (κ1) is 11.2. The maximum absolute atomic E-state index is 4.43. The van der Waals surface area contributed by atoms with Gasteiger partial charge in [-0.05, 0) is 40.7 Å². The van der Waals surface area contributed by atoms with Crippen molar-refractivity contribution in [2.24, 2.45) is 4.99 Å². The fourth-order valence-corrected chi connectivity index (χ4v) is 0.860. The largest absolute Gasteiger partial charge is 0.368 e. The second-order valence-corrected chi connectivity index (χ2v) is 3.41. The lowest BCUT2D eigenvalue weighted by molar-refractivity contribution is 0.721. The Bertz CT molecular complexity index is 167. The van der Waals surface area contributed by atoms with Crippen molar-refractivity contribution in [2.75, 3.05) is 0 Å². The molecule has 0 aromatic carbocycles. The van der Waals surface area contributed by atoms with Gasteiger partial charge in [0.15, 0.2) is 0 Å². The van der Waals surface area contributed by atoms with E-state index >= 15 is 0 Å². The summed E-state index contributed by atoms with van der Waals surface area (Å²) in [5, 5.41) is 3.28. The molecule has 2 nitrogen and oxygen atoms in total. The third kappa shape index (κ3) is 5.96. The SMILES string of the molecule is C/C=C\C(=NC(C)C)NC(C)C. The molecular formula is C10H20N2. The fraction of sp³-hybridized carbons (Fsp3) is 0.700. The van der Waals surface area contributed by atoms with Crippen LogP contribution in [0.25, 0.3) is 0 Å². The number of rotatable bonds is 3. The number of allylic oxidation sites excluding steroid dienone is 1. The van der Waals surface area contributed by atoms with Gasteiger partial charge in [-0.15, -0.1) is 0 Å². The molecule has 2 heteroatoms. The van der Waals surface area contributed by atoms with Gasteiger partial charge in [0.05, 0.1) is 0 Å². The number of nitrogens with one attached hydrogen (secondary N) is 1. The molecule has 0 radical (unpaired) electrons. The summed E-state index contributed by atoms with van der Waals surface area (Å²) in [7, 11) is 0. The molecule has 0 aromatic rings. The molecule has 0 saturated heterocycles. The van der Waals surface area contributed by atoms with E-state index in [0.717, 1.165) is 5.84 Å². The van der Waals surface area contributed by atoms with Gasteiger partial charge < -0.3 is 5.32 Å². The molecule has 0 amide bonds. The zero-order chi connectivity index (χ0) is 9.56. The number of hydrogen-bond acceptors (Lipinski definition) is 1. The maximum atomic E-state index is 4.43. The van der Waals surface area contributed by atoms with Crippen LogP contribution in [0.2, 0.25) is 0 Å². The topological polar surface area (TPSA) is 24.4 Å². The lowest BCUT2D eigenvalue weighted by atomic mass is 10.3. The number of hydrogen-bond donors (Lipinski definition) is 1. The standard InChI is InChI=1S/C10H20N2/c1-6-7-10(11-8(2)3)12-9(4)5/h6-9H,1-5H3,(H,11,12)/b7-6-. The molecule has 0 fully saturated rings. The highest BCUT2D eigenvalue weighted by Crippen LogP contribution is 1.90. The highest BCUT2D eigenvalue weighted by atomic mass is 15.0. The minimum absolute atomic E-state index is 0.349. The summed E-state index contributed by atoms with van der Waals surface area (Å²) < 4.78 is 0. The van der Waals surface area contributed by atoms with E-state index in [-0.39, 0.29) is 0 Å². The van der Waals surface area contributed by atoms with Gasteiger partial charge in [0.25, 0.3) is 0 Å². The van der Waals surface area contributed by atoms with Crippen LogP contribution in [0.3, 0.4) is 0 Å². The van der Waals surface area contributed by atoms with Crippen LogP contribution in [0.5, 0.6) is 0 Å². The van der Waals surface area contributed by atoms with E-state index in [4.69, 9.17) is 0 Å². The van der Waals surface area contributed by atoms with Crippen molar-refractivity contribution in [3.8, 4) is 0 Å². The molecule has 12 heavy (non-hydrogen) atoms. The second-order valence-electron chi connectivity index (χ2n) is 3.41. The van der Waals surface area contributed by atoms with Crippen LogP contribution in [-0.2, 0) is 0 Å². The average Bonchev–Trinajstić information content (AvgIpc) is 1.84. The first-order valence-corrected chi connectivity index (χ1v) is 4.53. The minimum Gasteiger partial charge on any atom is -0.368 e. The molecule has 70 valence electrons. The third-order valence-electron chi connectivity index (χ3n) is 1.16. The molecule has 0 heterocycles. The molecular weight excluding hydrogens is 148 g/mol. The lowest BCUT2D eigenvalue weighted by Crippen LogP contribution is -2.29. The molecule has 0 unspecified atom stereocenters. The number of aliphatic imine (C=N–C) groups is 1. The van der Waals surface area contributed by atoms with Crippen LogP contribution in [0.4, 0.5) is 0 Å². The first-order chi connectivity index (χ1) is 5.56. The summed E-state index contributed by atoms with van der Waals surface area (Å²) >= 11 is 0.